The van der Waals surface area contributed by atoms with Gasteiger partial charge < -0.3 is 15.3 Å². The van der Waals surface area contributed by atoms with Gasteiger partial charge in [-0.3, -0.25) is 0 Å². The molecule has 0 aromatic rings. The molecule has 1 aliphatic carbocycles. The van der Waals surface area contributed by atoms with Crippen LogP contribution in [0.5, 0.6) is 0 Å². The van der Waals surface area contributed by atoms with Gasteiger partial charge in [-0.2, -0.15) is 0 Å². The molecule has 2 heterocycles. The summed E-state index contributed by atoms with van der Waals surface area (Å²) in [6.45, 7) is 2.59. The van der Waals surface area contributed by atoms with Crippen LogP contribution in [-0.2, 0) is 0 Å². The summed E-state index contributed by atoms with van der Waals surface area (Å²) in [6, 6.07) is 1.85. The molecule has 0 aromatic heterocycles. The minimum Gasteiger partial charge on any atom is -0.392 e. The monoisotopic (exact) mass is 252 g/mol. The summed E-state index contributed by atoms with van der Waals surface area (Å²) in [6.07, 6.45) is 11.2. The number of hydrogen-bond donors (Lipinski definition) is 2. The maximum absolute atomic E-state index is 10.2. The third-order valence-electron chi connectivity index (χ3n) is 5.25. The van der Waals surface area contributed by atoms with Crippen molar-refractivity contribution in [3.63, 3.8) is 0 Å². The largest absolute Gasteiger partial charge is 0.392 e. The molecule has 0 radical (unpaired) electrons. The number of nitrogens with one attached hydrogen (secondary N) is 1. The molecule has 0 bridgehead atoms. The predicted octanol–water partition coefficient (Wildman–Crippen LogP) is 1.90. The van der Waals surface area contributed by atoms with Gasteiger partial charge in [-0.1, -0.05) is 19.3 Å². The van der Waals surface area contributed by atoms with Gasteiger partial charge in [0, 0.05) is 18.1 Å². The van der Waals surface area contributed by atoms with Crippen molar-refractivity contribution in [3.8, 4) is 0 Å². The lowest BCUT2D eigenvalue weighted by Gasteiger charge is -2.37. The zero-order valence-electron chi connectivity index (χ0n) is 11.5. The molecule has 0 spiro atoms. The summed E-state index contributed by atoms with van der Waals surface area (Å²) in [4.78, 5) is 2.67. The first-order valence-electron chi connectivity index (χ1n) is 8.01. The van der Waals surface area contributed by atoms with E-state index in [1.165, 1.54) is 64.5 Å². The van der Waals surface area contributed by atoms with Gasteiger partial charge in [0.2, 0.25) is 0 Å². The van der Waals surface area contributed by atoms with Crippen LogP contribution in [0.3, 0.4) is 0 Å². The first-order valence-corrected chi connectivity index (χ1v) is 8.01. The second kappa shape index (κ2) is 5.89. The third-order valence-corrected chi connectivity index (χ3v) is 5.25. The molecule has 3 fully saturated rings. The van der Waals surface area contributed by atoms with Crippen molar-refractivity contribution in [2.75, 3.05) is 13.1 Å². The highest BCUT2D eigenvalue weighted by Crippen LogP contribution is 2.28. The number of rotatable bonds is 2. The summed E-state index contributed by atoms with van der Waals surface area (Å²) < 4.78 is 0. The Kier molecular flexibility index (Phi) is 4.22. The molecule has 1 saturated carbocycles. The van der Waals surface area contributed by atoms with Crippen molar-refractivity contribution in [2.45, 2.75) is 82.0 Å². The first kappa shape index (κ1) is 12.9. The molecule has 104 valence electrons. The topological polar surface area (TPSA) is 35.5 Å². The summed E-state index contributed by atoms with van der Waals surface area (Å²) in [5, 5.41) is 14.0. The Bertz CT molecular complexity index is 271. The fourth-order valence-corrected chi connectivity index (χ4v) is 4.16. The zero-order chi connectivity index (χ0) is 12.4. The van der Waals surface area contributed by atoms with Gasteiger partial charge in [-0.05, 0) is 51.6 Å². The van der Waals surface area contributed by atoms with Crippen LogP contribution < -0.4 is 5.32 Å². The number of aliphatic hydroxyl groups is 1. The summed E-state index contributed by atoms with van der Waals surface area (Å²) >= 11 is 0. The van der Waals surface area contributed by atoms with Crippen LogP contribution in [0.15, 0.2) is 0 Å². The fraction of sp³-hybridized carbons (Fsp3) is 1.00. The number of hydrogen-bond acceptors (Lipinski definition) is 3. The van der Waals surface area contributed by atoms with E-state index in [0.717, 1.165) is 12.5 Å². The van der Waals surface area contributed by atoms with E-state index in [1.807, 2.05) is 0 Å². The van der Waals surface area contributed by atoms with E-state index in [2.05, 4.69) is 10.2 Å². The van der Waals surface area contributed by atoms with Crippen molar-refractivity contribution in [1.82, 2.24) is 10.2 Å². The van der Waals surface area contributed by atoms with Crippen molar-refractivity contribution in [1.29, 1.82) is 0 Å². The van der Waals surface area contributed by atoms with Crippen molar-refractivity contribution >= 4 is 0 Å². The number of piperidine rings is 1. The summed E-state index contributed by atoms with van der Waals surface area (Å²) in [5.74, 6) is 0. The highest BCUT2D eigenvalue weighted by atomic mass is 16.3. The minimum absolute atomic E-state index is 0.103. The number of fused-ring (bicyclic) bond motifs is 1. The highest BCUT2D eigenvalue weighted by Gasteiger charge is 2.33. The third kappa shape index (κ3) is 2.89. The van der Waals surface area contributed by atoms with Gasteiger partial charge in [0.05, 0.1) is 6.10 Å². The molecule has 4 atom stereocenters. The van der Waals surface area contributed by atoms with E-state index in [4.69, 9.17) is 0 Å². The Balaban J connectivity index is 1.52. The molecule has 18 heavy (non-hydrogen) atoms. The van der Waals surface area contributed by atoms with Gasteiger partial charge in [0.1, 0.15) is 0 Å². The van der Waals surface area contributed by atoms with Gasteiger partial charge in [0.25, 0.3) is 0 Å². The smallest absolute Gasteiger partial charge is 0.0693 e. The van der Waals surface area contributed by atoms with Crippen LogP contribution in [-0.4, -0.2) is 47.3 Å². The predicted molar refractivity (Wildman–Crippen MR) is 73.6 cm³/mol. The molecule has 3 aliphatic rings. The van der Waals surface area contributed by atoms with E-state index in [-0.39, 0.29) is 6.10 Å². The lowest BCUT2D eigenvalue weighted by atomic mass is 9.95. The van der Waals surface area contributed by atoms with Crippen LogP contribution in [0.4, 0.5) is 0 Å². The lowest BCUT2D eigenvalue weighted by Crippen LogP contribution is -2.51. The highest BCUT2D eigenvalue weighted by molar-refractivity contribution is 4.91. The molecule has 2 N–H and O–H groups in total. The van der Waals surface area contributed by atoms with Crippen molar-refractivity contribution in [3.05, 3.63) is 0 Å². The minimum atomic E-state index is -0.103. The second-order valence-corrected chi connectivity index (χ2v) is 6.53. The van der Waals surface area contributed by atoms with Gasteiger partial charge in [0.15, 0.2) is 0 Å². The molecule has 3 nitrogen and oxygen atoms in total. The average molecular weight is 252 g/mol. The SMILES string of the molecule is OC1CCCCCC1NC1CCN2CCCC2C1. The van der Waals surface area contributed by atoms with Gasteiger partial charge in [-0.25, -0.2) is 0 Å². The fourth-order valence-electron chi connectivity index (χ4n) is 4.16. The van der Waals surface area contributed by atoms with Crippen LogP contribution in [0, 0.1) is 0 Å². The molecule has 2 aliphatic heterocycles. The van der Waals surface area contributed by atoms with Crippen LogP contribution in [0.25, 0.3) is 0 Å². The van der Waals surface area contributed by atoms with E-state index in [9.17, 15) is 5.11 Å². The average Bonchev–Trinajstić information content (AvgIpc) is 2.75. The van der Waals surface area contributed by atoms with Gasteiger partial charge >= 0.3 is 0 Å². The molecule has 2 saturated heterocycles. The summed E-state index contributed by atoms with van der Waals surface area (Å²) in [5.41, 5.74) is 0. The Morgan fingerprint density at radius 1 is 0.889 bits per heavy atom. The Morgan fingerprint density at radius 3 is 2.72 bits per heavy atom. The Labute approximate surface area is 111 Å². The molecule has 0 aromatic carbocycles. The van der Waals surface area contributed by atoms with E-state index in [1.54, 1.807) is 0 Å². The molecule has 0 amide bonds. The maximum atomic E-state index is 10.2. The Morgan fingerprint density at radius 2 is 1.78 bits per heavy atom. The van der Waals surface area contributed by atoms with Crippen molar-refractivity contribution < 1.29 is 5.11 Å². The zero-order valence-corrected chi connectivity index (χ0v) is 11.5. The molecule has 4 unspecified atom stereocenters. The summed E-state index contributed by atoms with van der Waals surface area (Å²) in [7, 11) is 0. The normalized spacial score (nSPS) is 42.5. The van der Waals surface area contributed by atoms with E-state index in [0.29, 0.717) is 12.1 Å². The number of nitrogens with zero attached hydrogens (tertiary/aromatic N) is 1. The quantitative estimate of drug-likeness (QED) is 0.737. The van der Waals surface area contributed by atoms with Crippen LogP contribution in [0.2, 0.25) is 0 Å². The second-order valence-electron chi connectivity index (χ2n) is 6.53. The molecule has 3 heteroatoms. The standard InChI is InChI=1S/C15H28N2O/c18-15-7-3-1-2-6-14(15)16-12-8-10-17-9-4-5-13(17)11-12/h12-16,18H,1-11H2. The maximum Gasteiger partial charge on any atom is 0.0693 e. The van der Waals surface area contributed by atoms with Gasteiger partial charge in [-0.15, -0.1) is 0 Å². The van der Waals surface area contributed by atoms with E-state index < -0.39 is 0 Å². The van der Waals surface area contributed by atoms with Crippen LogP contribution >= 0.6 is 0 Å². The first-order chi connectivity index (χ1) is 8.83. The lowest BCUT2D eigenvalue weighted by molar-refractivity contribution is 0.0956. The molecular formula is C15H28N2O. The van der Waals surface area contributed by atoms with Crippen molar-refractivity contribution in [2.24, 2.45) is 0 Å². The molecular weight excluding hydrogens is 224 g/mol. The Hall–Kier alpha value is -0.120. The van der Waals surface area contributed by atoms with Crippen LogP contribution in [0.1, 0.15) is 57.8 Å². The molecule has 3 rings (SSSR count). The van der Waals surface area contributed by atoms with E-state index >= 15 is 0 Å². The number of aliphatic hydroxyl groups excluding tert-OH is 1.